The van der Waals surface area contributed by atoms with Crippen LogP contribution in [0, 0.1) is 0 Å². The van der Waals surface area contributed by atoms with Gasteiger partial charge in [-0.3, -0.25) is 9.88 Å². The zero-order valence-electron chi connectivity index (χ0n) is 24.2. The lowest BCUT2D eigenvalue weighted by atomic mass is 10.1. The molecule has 0 bridgehead atoms. The van der Waals surface area contributed by atoms with E-state index in [2.05, 4.69) is 25.3 Å². The number of sulfone groups is 2. The van der Waals surface area contributed by atoms with Crippen LogP contribution in [0.15, 0.2) is 54.7 Å². The molecule has 0 amide bonds. The molecule has 4 aromatic rings. The molecule has 46 heavy (non-hydrogen) atoms. The highest BCUT2D eigenvalue weighted by Crippen LogP contribution is 2.37. The van der Waals surface area contributed by atoms with Crippen LogP contribution in [0.2, 0.25) is 0 Å². The summed E-state index contributed by atoms with van der Waals surface area (Å²) in [7, 11) is -8.19. The number of hydrogen-bond acceptors (Lipinski definition) is 10. The first-order chi connectivity index (χ1) is 21.3. The first-order valence-corrected chi connectivity index (χ1v) is 17.3. The molecule has 5 rings (SSSR count). The molecule has 4 heterocycles. The summed E-state index contributed by atoms with van der Waals surface area (Å²) >= 11 is 0. The smallest absolute Gasteiger partial charge is 0.340 e. The third-order valence-corrected chi connectivity index (χ3v) is 12.8. The van der Waals surface area contributed by atoms with Crippen molar-refractivity contribution >= 4 is 42.2 Å². The van der Waals surface area contributed by atoms with Crippen molar-refractivity contribution in [3.63, 3.8) is 0 Å². The Labute approximate surface area is 259 Å². The lowest BCUT2D eigenvalue weighted by Gasteiger charge is -2.39. The third-order valence-electron chi connectivity index (χ3n) is 7.65. The number of hydrogen-bond donors (Lipinski definition) is 1. The number of benzene rings is 1. The van der Waals surface area contributed by atoms with Crippen molar-refractivity contribution in [2.75, 3.05) is 30.9 Å². The Balaban J connectivity index is 1.60. The van der Waals surface area contributed by atoms with Crippen LogP contribution >= 0.6 is 0 Å². The van der Waals surface area contributed by atoms with Crippen molar-refractivity contribution in [1.29, 1.82) is 0 Å². The van der Waals surface area contributed by atoms with E-state index in [1.807, 2.05) is 0 Å². The summed E-state index contributed by atoms with van der Waals surface area (Å²) in [6.45, 7) is -0.274. The highest BCUT2D eigenvalue weighted by Gasteiger charge is 2.52. The quantitative estimate of drug-likeness (QED) is 0.257. The molecule has 10 nitrogen and oxygen atoms in total. The highest BCUT2D eigenvalue weighted by atomic mass is 32.3. The van der Waals surface area contributed by atoms with Gasteiger partial charge in [0.1, 0.15) is 17.3 Å². The van der Waals surface area contributed by atoms with Crippen molar-refractivity contribution in [2.45, 2.75) is 35.8 Å². The van der Waals surface area contributed by atoms with Crippen LogP contribution in [0.4, 0.5) is 37.8 Å². The molecule has 1 fully saturated rings. The number of halogens is 6. The van der Waals surface area contributed by atoms with Gasteiger partial charge in [-0.15, -0.1) is 0 Å². The second-order valence-electron chi connectivity index (χ2n) is 10.9. The van der Waals surface area contributed by atoms with Crippen molar-refractivity contribution in [1.82, 2.24) is 24.8 Å². The summed E-state index contributed by atoms with van der Waals surface area (Å²) in [5, 5.41) is 3.10. The molecule has 246 valence electrons. The molecule has 1 aromatic carbocycles. The van der Waals surface area contributed by atoms with Crippen LogP contribution in [0.25, 0.3) is 22.4 Å². The standard InChI is InChI=1S/C28H26F6N6O4S2/c1-45(41,42)26(46(2,43)44)12-4-14-40(16-26)15-22-38-24(36-18-8-6-17(7-9-18)27(29,30)31)19-10-11-21(37-25(19)39-22)23-20(28(32,33)34)5-3-13-35-23/h3,5-11,13H,4,12,14-16H2,1-2H3,(H,36,37,38,39). The minimum Gasteiger partial charge on any atom is -0.340 e. The minimum atomic E-state index is -4.74. The number of aromatic nitrogens is 4. The Bertz CT molecular complexity index is 1970. The average molecular weight is 689 g/mol. The molecular formula is C28H26F6N6O4S2. The molecule has 18 heteroatoms. The number of nitrogens with zero attached hydrogens (tertiary/aromatic N) is 5. The average Bonchev–Trinajstić information content (AvgIpc) is 2.95. The van der Waals surface area contributed by atoms with Gasteiger partial charge >= 0.3 is 12.4 Å². The zero-order valence-corrected chi connectivity index (χ0v) is 25.8. The van der Waals surface area contributed by atoms with E-state index in [-0.39, 0.29) is 66.5 Å². The maximum absolute atomic E-state index is 13.7. The SMILES string of the molecule is CS(=O)(=O)C1(S(C)(=O)=O)CCCN(Cc2nc(Nc3ccc(C(F)(F)F)cc3)c3ccc(-c4ncccc4C(F)(F)F)nc3n2)C1. The van der Waals surface area contributed by atoms with Crippen LogP contribution in [-0.2, 0) is 38.6 Å². The van der Waals surface area contributed by atoms with Crippen LogP contribution in [0.1, 0.15) is 29.8 Å². The molecule has 0 radical (unpaired) electrons. The predicted octanol–water partition coefficient (Wildman–Crippen LogP) is 5.25. The molecule has 0 saturated carbocycles. The lowest BCUT2D eigenvalue weighted by molar-refractivity contribution is -0.138. The predicted molar refractivity (Wildman–Crippen MR) is 157 cm³/mol. The Kier molecular flexibility index (Phi) is 8.52. The molecule has 0 atom stereocenters. The van der Waals surface area contributed by atoms with Crippen molar-refractivity contribution in [2.24, 2.45) is 0 Å². The van der Waals surface area contributed by atoms with E-state index in [0.717, 1.165) is 36.8 Å². The molecule has 1 saturated heterocycles. The van der Waals surface area contributed by atoms with Gasteiger partial charge < -0.3 is 5.32 Å². The Morgan fingerprint density at radius 3 is 2.15 bits per heavy atom. The number of alkyl halides is 6. The van der Waals surface area contributed by atoms with Crippen molar-refractivity contribution in [3.05, 3.63) is 71.7 Å². The number of piperidine rings is 1. The van der Waals surface area contributed by atoms with E-state index in [0.29, 0.717) is 0 Å². The second kappa shape index (κ2) is 11.7. The van der Waals surface area contributed by atoms with E-state index < -0.39 is 52.9 Å². The maximum atomic E-state index is 13.7. The number of pyridine rings is 2. The summed E-state index contributed by atoms with van der Waals surface area (Å²) < 4.78 is 129. The first-order valence-electron chi connectivity index (χ1n) is 13.5. The second-order valence-corrected chi connectivity index (χ2v) is 15.8. The normalized spacial score (nSPS) is 16.4. The monoisotopic (exact) mass is 688 g/mol. The fourth-order valence-electron chi connectivity index (χ4n) is 5.36. The van der Waals surface area contributed by atoms with Gasteiger partial charge in [-0.25, -0.2) is 31.8 Å². The van der Waals surface area contributed by atoms with Gasteiger partial charge in [-0.2, -0.15) is 26.3 Å². The number of rotatable bonds is 7. The summed E-state index contributed by atoms with van der Waals surface area (Å²) in [6, 6.07) is 8.69. The molecule has 0 unspecified atom stereocenters. The van der Waals surface area contributed by atoms with E-state index in [4.69, 9.17) is 0 Å². The molecule has 0 spiro atoms. The van der Waals surface area contributed by atoms with Crippen LogP contribution in [-0.4, -0.2) is 71.4 Å². The summed E-state index contributed by atoms with van der Waals surface area (Å²) in [6.07, 6.45) is -6.33. The number of fused-ring (bicyclic) bond motifs is 1. The van der Waals surface area contributed by atoms with Crippen molar-refractivity contribution in [3.8, 4) is 11.4 Å². The van der Waals surface area contributed by atoms with Gasteiger partial charge in [0, 0.05) is 30.9 Å². The number of nitrogens with one attached hydrogen (secondary N) is 1. The van der Waals surface area contributed by atoms with Gasteiger partial charge in [0.2, 0.25) is 0 Å². The molecule has 3 aromatic heterocycles. The largest absolute Gasteiger partial charge is 0.418 e. The Hall–Kier alpha value is -3.90. The molecular weight excluding hydrogens is 662 g/mol. The third kappa shape index (κ3) is 6.64. The summed E-state index contributed by atoms with van der Waals surface area (Å²) in [5.74, 6) is 0.0480. The fourth-order valence-corrected chi connectivity index (χ4v) is 9.42. The van der Waals surface area contributed by atoms with E-state index in [1.54, 1.807) is 4.90 Å². The van der Waals surface area contributed by atoms with Crippen LogP contribution in [0.3, 0.4) is 0 Å². The van der Waals surface area contributed by atoms with Gasteiger partial charge in [0.05, 0.1) is 28.8 Å². The first kappa shape index (κ1) is 33.5. The van der Waals surface area contributed by atoms with Gasteiger partial charge in [0.15, 0.2) is 29.4 Å². The van der Waals surface area contributed by atoms with Gasteiger partial charge in [-0.1, -0.05) is 0 Å². The van der Waals surface area contributed by atoms with Gasteiger partial charge in [0.25, 0.3) is 0 Å². The molecule has 1 N–H and O–H groups in total. The van der Waals surface area contributed by atoms with Gasteiger partial charge in [-0.05, 0) is 67.9 Å². The summed E-state index contributed by atoms with van der Waals surface area (Å²) in [4.78, 5) is 18.6. The zero-order chi connectivity index (χ0) is 33.7. The number of anilines is 2. The van der Waals surface area contributed by atoms with Crippen LogP contribution < -0.4 is 5.32 Å². The van der Waals surface area contributed by atoms with Crippen LogP contribution in [0.5, 0.6) is 0 Å². The Morgan fingerprint density at radius 2 is 1.54 bits per heavy atom. The molecule has 1 aliphatic heterocycles. The van der Waals surface area contributed by atoms with E-state index in [1.165, 1.54) is 30.5 Å². The highest BCUT2D eigenvalue weighted by molar-refractivity contribution is 8.09. The lowest BCUT2D eigenvalue weighted by Crippen LogP contribution is -2.56. The van der Waals surface area contributed by atoms with E-state index in [9.17, 15) is 43.2 Å². The minimum absolute atomic E-state index is 0.00132. The summed E-state index contributed by atoms with van der Waals surface area (Å²) in [5.41, 5.74) is -2.46. The topological polar surface area (TPSA) is 135 Å². The maximum Gasteiger partial charge on any atom is 0.418 e. The Morgan fingerprint density at radius 1 is 0.870 bits per heavy atom. The molecule has 1 aliphatic rings. The van der Waals surface area contributed by atoms with E-state index >= 15 is 0 Å². The number of likely N-dealkylation sites (tertiary alicyclic amines) is 1. The van der Waals surface area contributed by atoms with Crippen molar-refractivity contribution < 1.29 is 43.2 Å². The fraction of sp³-hybridized carbons (Fsp3) is 0.357. The molecule has 0 aliphatic carbocycles.